The van der Waals surface area contributed by atoms with Crippen LogP contribution in [0.2, 0.25) is 0 Å². The highest BCUT2D eigenvalue weighted by atomic mass is 16.5. The highest BCUT2D eigenvalue weighted by Gasteiger charge is 2.17. The molecule has 2 rings (SSSR count). The van der Waals surface area contributed by atoms with Crippen molar-refractivity contribution >= 4 is 0 Å². The van der Waals surface area contributed by atoms with Crippen molar-refractivity contribution in [1.29, 1.82) is 0 Å². The third kappa shape index (κ3) is 4.23. The molecule has 0 aliphatic rings. The van der Waals surface area contributed by atoms with Crippen molar-refractivity contribution < 1.29 is 9.47 Å². The first kappa shape index (κ1) is 15.4. The Bertz CT molecular complexity index is 542. The molecule has 0 fully saturated rings. The second-order valence-electron chi connectivity index (χ2n) is 5.05. The van der Waals surface area contributed by atoms with Gasteiger partial charge in [-0.1, -0.05) is 49.4 Å². The van der Waals surface area contributed by atoms with E-state index in [0.29, 0.717) is 6.61 Å². The van der Waals surface area contributed by atoms with E-state index in [0.717, 1.165) is 23.5 Å². The van der Waals surface area contributed by atoms with Crippen LogP contribution < -0.4 is 15.2 Å². The number of benzene rings is 2. The fourth-order valence-corrected chi connectivity index (χ4v) is 2.10. The normalized spacial score (nSPS) is 13.5. The van der Waals surface area contributed by atoms with Crippen LogP contribution in [0, 0.1) is 0 Å². The number of nitrogens with two attached hydrogens (primary N) is 1. The van der Waals surface area contributed by atoms with Gasteiger partial charge in [0.15, 0.2) is 11.5 Å². The third-order valence-electron chi connectivity index (χ3n) is 3.31. The zero-order valence-electron chi connectivity index (χ0n) is 12.7. The zero-order valence-corrected chi connectivity index (χ0v) is 12.7. The summed E-state index contributed by atoms with van der Waals surface area (Å²) in [5, 5.41) is 0. The van der Waals surface area contributed by atoms with Crippen molar-refractivity contribution in [2.45, 2.75) is 32.4 Å². The number of rotatable bonds is 7. The largest absolute Gasteiger partial charge is 0.490 e. The molecule has 0 radical (unpaired) electrons. The summed E-state index contributed by atoms with van der Waals surface area (Å²) in [5.74, 6) is 1.51. The van der Waals surface area contributed by atoms with Crippen LogP contribution in [0.3, 0.4) is 0 Å². The lowest BCUT2D eigenvalue weighted by Crippen LogP contribution is -2.28. The lowest BCUT2D eigenvalue weighted by Gasteiger charge is -2.23. The van der Waals surface area contributed by atoms with Crippen LogP contribution in [-0.2, 0) is 0 Å². The average Bonchev–Trinajstić information content (AvgIpc) is 2.54. The Balaban J connectivity index is 2.07. The van der Waals surface area contributed by atoms with Gasteiger partial charge in [0.1, 0.15) is 6.10 Å². The molecule has 2 N–H and O–H groups in total. The van der Waals surface area contributed by atoms with Crippen molar-refractivity contribution in [3.05, 3.63) is 60.2 Å². The smallest absolute Gasteiger partial charge is 0.161 e. The van der Waals surface area contributed by atoms with E-state index in [4.69, 9.17) is 15.2 Å². The topological polar surface area (TPSA) is 44.5 Å². The second kappa shape index (κ2) is 7.70. The van der Waals surface area contributed by atoms with Gasteiger partial charge in [-0.05, 0) is 31.0 Å². The van der Waals surface area contributed by atoms with Gasteiger partial charge < -0.3 is 15.2 Å². The fourth-order valence-electron chi connectivity index (χ4n) is 2.10. The molecule has 0 saturated carbocycles. The van der Waals surface area contributed by atoms with E-state index in [1.54, 1.807) is 0 Å². The van der Waals surface area contributed by atoms with Gasteiger partial charge in [0.05, 0.1) is 12.6 Å². The van der Waals surface area contributed by atoms with Crippen LogP contribution in [0.15, 0.2) is 54.6 Å². The molecule has 0 aliphatic carbocycles. The maximum atomic E-state index is 6.27. The summed E-state index contributed by atoms with van der Waals surface area (Å²) in [4.78, 5) is 0. The van der Waals surface area contributed by atoms with E-state index in [1.807, 2.05) is 61.5 Å². The predicted molar refractivity (Wildman–Crippen MR) is 85.7 cm³/mol. The molecule has 0 spiro atoms. The van der Waals surface area contributed by atoms with Crippen LogP contribution in [0.4, 0.5) is 0 Å². The molecule has 2 aromatic carbocycles. The van der Waals surface area contributed by atoms with E-state index in [1.165, 1.54) is 0 Å². The highest BCUT2D eigenvalue weighted by molar-refractivity contribution is 5.39. The summed E-state index contributed by atoms with van der Waals surface area (Å²) in [7, 11) is 0. The first-order valence-electron chi connectivity index (χ1n) is 7.41. The zero-order chi connectivity index (χ0) is 15.1. The lowest BCUT2D eigenvalue weighted by molar-refractivity contribution is 0.178. The molecule has 2 atom stereocenters. The summed E-state index contributed by atoms with van der Waals surface area (Å²) in [6, 6.07) is 17.5. The van der Waals surface area contributed by atoms with E-state index in [9.17, 15) is 0 Å². The van der Waals surface area contributed by atoms with Gasteiger partial charge in [-0.3, -0.25) is 0 Å². The van der Waals surface area contributed by atoms with Crippen LogP contribution >= 0.6 is 0 Å². The molecular formula is C18H23NO2. The molecular weight excluding hydrogens is 262 g/mol. The molecule has 2 aromatic rings. The molecule has 3 heteroatoms. The minimum atomic E-state index is -0.176. The van der Waals surface area contributed by atoms with Gasteiger partial charge in [0, 0.05) is 0 Å². The van der Waals surface area contributed by atoms with Crippen molar-refractivity contribution in [2.75, 3.05) is 6.61 Å². The molecule has 0 aliphatic heterocycles. The summed E-state index contributed by atoms with van der Waals surface area (Å²) >= 11 is 0. The van der Waals surface area contributed by atoms with E-state index < -0.39 is 0 Å². The Morgan fingerprint density at radius 3 is 2.24 bits per heavy atom. The first-order valence-corrected chi connectivity index (χ1v) is 7.41. The molecule has 0 heterocycles. The van der Waals surface area contributed by atoms with Gasteiger partial charge in [-0.15, -0.1) is 0 Å². The van der Waals surface area contributed by atoms with Crippen LogP contribution in [0.1, 0.15) is 31.9 Å². The summed E-state index contributed by atoms with van der Waals surface area (Å²) in [6.07, 6.45) is 0.826. The van der Waals surface area contributed by atoms with Crippen molar-refractivity contribution in [2.24, 2.45) is 5.73 Å². The fraction of sp³-hybridized carbons (Fsp3) is 0.333. The number of para-hydroxylation sites is 2. The average molecular weight is 285 g/mol. The number of ether oxygens (including phenoxy) is 2. The highest BCUT2D eigenvalue weighted by Crippen LogP contribution is 2.29. The Labute approximate surface area is 126 Å². The van der Waals surface area contributed by atoms with Gasteiger partial charge in [-0.25, -0.2) is 0 Å². The van der Waals surface area contributed by atoms with Crippen molar-refractivity contribution in [3.8, 4) is 11.5 Å². The van der Waals surface area contributed by atoms with Crippen LogP contribution in [-0.4, -0.2) is 12.7 Å². The Hall–Kier alpha value is -2.00. The Kier molecular flexibility index (Phi) is 5.64. The van der Waals surface area contributed by atoms with Crippen molar-refractivity contribution in [1.82, 2.24) is 0 Å². The molecule has 3 nitrogen and oxygen atoms in total. The van der Waals surface area contributed by atoms with Crippen LogP contribution in [0.5, 0.6) is 11.5 Å². The monoisotopic (exact) mass is 285 g/mol. The maximum absolute atomic E-state index is 6.27. The Morgan fingerprint density at radius 1 is 0.952 bits per heavy atom. The van der Waals surface area contributed by atoms with Gasteiger partial charge >= 0.3 is 0 Å². The summed E-state index contributed by atoms with van der Waals surface area (Å²) in [5.41, 5.74) is 7.34. The standard InChI is InChI=1S/C18H23NO2/c1-3-13-20-16-11-7-8-12-17(16)21-14(2)18(19)15-9-5-4-6-10-15/h4-12,14,18H,3,13,19H2,1-2H3. The van der Waals surface area contributed by atoms with Crippen molar-refractivity contribution in [3.63, 3.8) is 0 Å². The molecule has 0 bridgehead atoms. The van der Waals surface area contributed by atoms with Gasteiger partial charge in [0.2, 0.25) is 0 Å². The second-order valence-corrected chi connectivity index (χ2v) is 5.05. The quantitative estimate of drug-likeness (QED) is 0.838. The maximum Gasteiger partial charge on any atom is 0.161 e. The van der Waals surface area contributed by atoms with Gasteiger partial charge in [-0.2, -0.15) is 0 Å². The minimum absolute atomic E-state index is 0.140. The predicted octanol–water partition coefficient (Wildman–Crippen LogP) is 3.94. The van der Waals surface area contributed by atoms with E-state index >= 15 is 0 Å². The van der Waals surface area contributed by atoms with E-state index in [-0.39, 0.29) is 12.1 Å². The number of hydrogen-bond donors (Lipinski definition) is 1. The Morgan fingerprint density at radius 2 is 1.57 bits per heavy atom. The molecule has 0 amide bonds. The lowest BCUT2D eigenvalue weighted by atomic mass is 10.0. The van der Waals surface area contributed by atoms with Crippen LogP contribution in [0.25, 0.3) is 0 Å². The summed E-state index contributed by atoms with van der Waals surface area (Å²) < 4.78 is 11.7. The minimum Gasteiger partial charge on any atom is -0.490 e. The third-order valence-corrected chi connectivity index (χ3v) is 3.31. The van der Waals surface area contributed by atoms with Gasteiger partial charge in [0.25, 0.3) is 0 Å². The first-order chi connectivity index (χ1) is 10.2. The SMILES string of the molecule is CCCOc1ccccc1OC(C)C(N)c1ccccc1. The molecule has 112 valence electrons. The molecule has 2 unspecified atom stereocenters. The van der Waals surface area contributed by atoms with E-state index in [2.05, 4.69) is 6.92 Å². The number of hydrogen-bond acceptors (Lipinski definition) is 3. The summed E-state index contributed by atoms with van der Waals surface area (Å²) in [6.45, 7) is 4.74. The molecule has 0 aromatic heterocycles. The molecule has 0 saturated heterocycles. The molecule has 21 heavy (non-hydrogen) atoms.